The molecule has 0 N–H and O–H groups in total. The summed E-state index contributed by atoms with van der Waals surface area (Å²) in [5.74, 6) is 5.44. The van der Waals surface area contributed by atoms with E-state index in [2.05, 4.69) is 16.7 Å². The molecular weight excluding hydrogens is 186 g/mol. The first kappa shape index (κ1) is 11.8. The van der Waals surface area contributed by atoms with Gasteiger partial charge in [-0.2, -0.15) is 0 Å². The summed E-state index contributed by atoms with van der Waals surface area (Å²) in [5, 5.41) is 0. The maximum absolute atomic E-state index is 11.2. The van der Waals surface area contributed by atoms with E-state index in [4.69, 9.17) is 0 Å². The van der Waals surface area contributed by atoms with E-state index in [0.29, 0.717) is 0 Å². The first-order valence-electron chi connectivity index (χ1n) is 5.66. The van der Waals surface area contributed by atoms with Crippen molar-refractivity contribution in [2.45, 2.75) is 33.1 Å². The van der Waals surface area contributed by atoms with Gasteiger partial charge in [0.15, 0.2) is 0 Å². The Morgan fingerprint density at radius 2 is 1.93 bits per heavy atom. The Morgan fingerprint density at radius 1 is 1.27 bits per heavy atom. The summed E-state index contributed by atoms with van der Waals surface area (Å²) >= 11 is 0. The SMILES string of the molecule is CC(C)C(=O)C#C/C=C/N1CCCCC1. The number of likely N-dealkylation sites (tertiary alicyclic amines) is 1. The van der Waals surface area contributed by atoms with E-state index in [0.717, 1.165) is 13.1 Å². The zero-order valence-corrected chi connectivity index (χ0v) is 9.62. The van der Waals surface area contributed by atoms with Crippen LogP contribution in [0, 0.1) is 17.8 Å². The number of hydrogen-bond donors (Lipinski definition) is 0. The number of nitrogens with zero attached hydrogens (tertiary/aromatic N) is 1. The molecule has 1 saturated heterocycles. The Labute approximate surface area is 92.3 Å². The molecule has 0 aromatic carbocycles. The molecule has 0 aromatic heterocycles. The minimum atomic E-state index is 0.0123. The van der Waals surface area contributed by atoms with Crippen LogP contribution in [0.4, 0.5) is 0 Å². The number of Topliss-reactive ketones (excluding diaryl/α,β-unsaturated/α-hetero) is 1. The molecule has 0 bridgehead atoms. The first-order valence-corrected chi connectivity index (χ1v) is 5.66. The summed E-state index contributed by atoms with van der Waals surface area (Å²) in [7, 11) is 0. The molecule has 1 fully saturated rings. The number of hydrogen-bond acceptors (Lipinski definition) is 2. The summed E-state index contributed by atoms with van der Waals surface area (Å²) in [5.41, 5.74) is 0. The molecule has 0 atom stereocenters. The average molecular weight is 205 g/mol. The molecule has 2 nitrogen and oxygen atoms in total. The van der Waals surface area contributed by atoms with Crippen LogP contribution < -0.4 is 0 Å². The number of carbonyl (C=O) groups excluding carboxylic acids is 1. The molecule has 0 unspecified atom stereocenters. The van der Waals surface area contributed by atoms with E-state index >= 15 is 0 Å². The molecule has 1 heterocycles. The van der Waals surface area contributed by atoms with Crippen molar-refractivity contribution in [2.75, 3.05) is 13.1 Å². The zero-order chi connectivity index (χ0) is 11.1. The van der Waals surface area contributed by atoms with Crippen LogP contribution in [0.1, 0.15) is 33.1 Å². The van der Waals surface area contributed by atoms with Gasteiger partial charge in [0.2, 0.25) is 5.78 Å². The van der Waals surface area contributed by atoms with Gasteiger partial charge in [0, 0.05) is 31.3 Å². The molecule has 0 radical (unpaired) electrons. The molecule has 0 saturated carbocycles. The van der Waals surface area contributed by atoms with Crippen molar-refractivity contribution in [2.24, 2.45) is 5.92 Å². The molecule has 1 aliphatic rings. The van der Waals surface area contributed by atoms with Crippen LogP contribution in [0.3, 0.4) is 0 Å². The lowest BCUT2D eigenvalue weighted by Gasteiger charge is -2.24. The Kier molecular flexibility index (Phi) is 4.97. The highest BCUT2D eigenvalue weighted by molar-refractivity contribution is 5.97. The van der Waals surface area contributed by atoms with E-state index in [9.17, 15) is 4.79 Å². The number of rotatable bonds is 2. The predicted molar refractivity (Wildman–Crippen MR) is 62.2 cm³/mol. The van der Waals surface area contributed by atoms with Gasteiger partial charge in [-0.25, -0.2) is 0 Å². The van der Waals surface area contributed by atoms with Crippen molar-refractivity contribution in [3.05, 3.63) is 12.3 Å². The normalized spacial score (nSPS) is 16.6. The molecule has 2 heteroatoms. The van der Waals surface area contributed by atoms with Crippen molar-refractivity contribution in [3.63, 3.8) is 0 Å². The van der Waals surface area contributed by atoms with Crippen molar-refractivity contribution in [1.82, 2.24) is 4.90 Å². The molecule has 0 spiro atoms. The van der Waals surface area contributed by atoms with Gasteiger partial charge < -0.3 is 4.90 Å². The second-order valence-corrected chi connectivity index (χ2v) is 4.20. The van der Waals surface area contributed by atoms with Gasteiger partial charge in [-0.1, -0.05) is 19.8 Å². The maximum atomic E-state index is 11.2. The van der Waals surface area contributed by atoms with Crippen LogP contribution in [0.15, 0.2) is 12.3 Å². The lowest BCUT2D eigenvalue weighted by atomic mass is 10.1. The molecular formula is C13H19NO. The van der Waals surface area contributed by atoms with Crippen LogP contribution in [0.2, 0.25) is 0 Å². The second kappa shape index (κ2) is 6.29. The highest BCUT2D eigenvalue weighted by Gasteiger charge is 2.04. The Morgan fingerprint density at radius 3 is 2.53 bits per heavy atom. The third-order valence-corrected chi connectivity index (χ3v) is 2.48. The molecule has 0 aromatic rings. The van der Waals surface area contributed by atoms with Crippen LogP contribution >= 0.6 is 0 Å². The lowest BCUT2D eigenvalue weighted by Crippen LogP contribution is -2.23. The third kappa shape index (κ3) is 4.69. The second-order valence-electron chi connectivity index (χ2n) is 4.20. The minimum Gasteiger partial charge on any atom is -0.377 e. The first-order chi connectivity index (χ1) is 7.20. The Hall–Kier alpha value is -1.23. The monoisotopic (exact) mass is 205 g/mol. The van der Waals surface area contributed by atoms with Crippen LogP contribution in [-0.4, -0.2) is 23.8 Å². The van der Waals surface area contributed by atoms with Crippen molar-refractivity contribution >= 4 is 5.78 Å². The van der Waals surface area contributed by atoms with E-state index in [1.54, 1.807) is 6.08 Å². The fourth-order valence-electron chi connectivity index (χ4n) is 1.47. The van der Waals surface area contributed by atoms with E-state index < -0.39 is 0 Å². The zero-order valence-electron chi connectivity index (χ0n) is 9.62. The summed E-state index contributed by atoms with van der Waals surface area (Å²) < 4.78 is 0. The van der Waals surface area contributed by atoms with Gasteiger partial charge in [0.05, 0.1) is 0 Å². The third-order valence-electron chi connectivity index (χ3n) is 2.48. The number of ketones is 1. The highest BCUT2D eigenvalue weighted by atomic mass is 16.1. The topological polar surface area (TPSA) is 20.3 Å². The van der Waals surface area contributed by atoms with E-state index in [1.165, 1.54) is 19.3 Å². The molecule has 1 aliphatic heterocycles. The molecule has 1 rings (SSSR count). The molecule has 0 amide bonds. The van der Waals surface area contributed by atoms with Crippen molar-refractivity contribution in [3.8, 4) is 11.8 Å². The lowest BCUT2D eigenvalue weighted by molar-refractivity contribution is -0.116. The van der Waals surface area contributed by atoms with Gasteiger partial charge in [-0.15, -0.1) is 0 Å². The Bertz CT molecular complexity index is 287. The standard InChI is InChI=1S/C13H19NO/c1-12(2)13(15)8-4-7-11-14-9-5-3-6-10-14/h7,11-12H,3,5-6,9-10H2,1-2H3/b11-7+. The molecule has 82 valence electrons. The molecule has 15 heavy (non-hydrogen) atoms. The van der Waals surface area contributed by atoms with Crippen LogP contribution in [0.5, 0.6) is 0 Å². The highest BCUT2D eigenvalue weighted by Crippen LogP contribution is 2.08. The van der Waals surface area contributed by atoms with Gasteiger partial charge >= 0.3 is 0 Å². The maximum Gasteiger partial charge on any atom is 0.208 e. The van der Waals surface area contributed by atoms with E-state index in [1.807, 2.05) is 20.0 Å². The van der Waals surface area contributed by atoms with Gasteiger partial charge in [-0.3, -0.25) is 4.79 Å². The Balaban J connectivity index is 2.34. The van der Waals surface area contributed by atoms with Gasteiger partial charge in [0.1, 0.15) is 0 Å². The predicted octanol–water partition coefficient (Wildman–Crippen LogP) is 2.21. The number of carbonyl (C=O) groups is 1. The van der Waals surface area contributed by atoms with Gasteiger partial charge in [0.25, 0.3) is 0 Å². The summed E-state index contributed by atoms with van der Waals surface area (Å²) in [6, 6.07) is 0. The quantitative estimate of drug-likeness (QED) is 0.509. The minimum absolute atomic E-state index is 0.0123. The summed E-state index contributed by atoms with van der Waals surface area (Å²) in [4.78, 5) is 13.4. The van der Waals surface area contributed by atoms with Gasteiger partial charge in [-0.05, 0) is 25.2 Å². The van der Waals surface area contributed by atoms with Crippen LogP contribution in [-0.2, 0) is 4.79 Å². The smallest absolute Gasteiger partial charge is 0.208 e. The fourth-order valence-corrected chi connectivity index (χ4v) is 1.47. The van der Waals surface area contributed by atoms with Crippen molar-refractivity contribution in [1.29, 1.82) is 0 Å². The summed E-state index contributed by atoms with van der Waals surface area (Å²) in [6.07, 6.45) is 7.65. The number of allylic oxidation sites excluding steroid dienone is 1. The van der Waals surface area contributed by atoms with Crippen LogP contribution in [0.25, 0.3) is 0 Å². The fraction of sp³-hybridized carbons (Fsp3) is 0.615. The van der Waals surface area contributed by atoms with Crippen molar-refractivity contribution < 1.29 is 4.79 Å². The number of piperidine rings is 1. The molecule has 0 aliphatic carbocycles. The van der Waals surface area contributed by atoms with E-state index in [-0.39, 0.29) is 11.7 Å². The average Bonchev–Trinajstić information content (AvgIpc) is 2.25. The largest absolute Gasteiger partial charge is 0.377 e. The summed E-state index contributed by atoms with van der Waals surface area (Å²) in [6.45, 7) is 5.98.